The summed E-state index contributed by atoms with van der Waals surface area (Å²) in [6, 6.07) is 16.1. The van der Waals surface area contributed by atoms with Crippen LogP contribution in [0.2, 0.25) is 5.02 Å². The van der Waals surface area contributed by atoms with Crippen LogP contribution in [0, 0.1) is 6.92 Å². The fourth-order valence-corrected chi connectivity index (χ4v) is 2.69. The van der Waals surface area contributed by atoms with Crippen LogP contribution in [0.25, 0.3) is 0 Å². The highest BCUT2D eigenvalue weighted by Gasteiger charge is 2.02. The van der Waals surface area contributed by atoms with Crippen LogP contribution in [0.4, 0.5) is 11.8 Å². The number of halogens is 1. The van der Waals surface area contributed by atoms with Crippen molar-refractivity contribution in [3.63, 3.8) is 0 Å². The van der Waals surface area contributed by atoms with E-state index in [2.05, 4.69) is 50.9 Å². The van der Waals surface area contributed by atoms with Gasteiger partial charge in [0.15, 0.2) is 5.82 Å². The Labute approximate surface area is 152 Å². The van der Waals surface area contributed by atoms with Gasteiger partial charge in [0.2, 0.25) is 5.95 Å². The number of anilines is 2. The molecule has 5 nitrogen and oxygen atoms in total. The van der Waals surface area contributed by atoms with Gasteiger partial charge in [-0.15, -0.1) is 5.10 Å². The summed E-state index contributed by atoms with van der Waals surface area (Å²) in [5, 5.41) is 15.3. The van der Waals surface area contributed by atoms with E-state index in [0.717, 1.165) is 18.0 Å². The Balaban J connectivity index is 1.53. The monoisotopic (exact) mass is 353 g/mol. The van der Waals surface area contributed by atoms with Crippen molar-refractivity contribution >= 4 is 23.4 Å². The molecule has 0 aliphatic heterocycles. The van der Waals surface area contributed by atoms with Gasteiger partial charge in [-0.2, -0.15) is 10.1 Å². The Hall–Kier alpha value is -2.66. The van der Waals surface area contributed by atoms with Crippen molar-refractivity contribution in [3.8, 4) is 0 Å². The molecule has 1 heterocycles. The second-order valence-corrected chi connectivity index (χ2v) is 6.19. The Morgan fingerprint density at radius 3 is 2.76 bits per heavy atom. The summed E-state index contributed by atoms with van der Waals surface area (Å²) in [7, 11) is 0. The molecule has 128 valence electrons. The number of hydrogen-bond acceptors (Lipinski definition) is 5. The van der Waals surface area contributed by atoms with Crippen molar-refractivity contribution in [3.05, 3.63) is 76.4 Å². The second-order valence-electron chi connectivity index (χ2n) is 5.75. The SMILES string of the molecule is Cc1ccccc1CNc1nncc(NCCc2cccc(Cl)c2)n1. The van der Waals surface area contributed by atoms with E-state index < -0.39 is 0 Å². The van der Waals surface area contributed by atoms with Crippen LogP contribution >= 0.6 is 11.6 Å². The minimum absolute atomic E-state index is 0.510. The van der Waals surface area contributed by atoms with Crippen LogP contribution in [0.1, 0.15) is 16.7 Å². The van der Waals surface area contributed by atoms with E-state index in [1.165, 1.54) is 16.7 Å². The van der Waals surface area contributed by atoms with Gasteiger partial charge >= 0.3 is 0 Å². The summed E-state index contributed by atoms with van der Waals surface area (Å²) in [5.74, 6) is 1.21. The maximum Gasteiger partial charge on any atom is 0.244 e. The molecule has 2 N–H and O–H groups in total. The van der Waals surface area contributed by atoms with Gasteiger partial charge in [0.1, 0.15) is 0 Å². The van der Waals surface area contributed by atoms with Gasteiger partial charge in [-0.1, -0.05) is 48.0 Å². The Morgan fingerprint density at radius 1 is 1.04 bits per heavy atom. The van der Waals surface area contributed by atoms with E-state index in [-0.39, 0.29) is 0 Å². The first-order chi connectivity index (χ1) is 12.2. The Bertz CT molecular complexity index is 837. The molecule has 0 aliphatic carbocycles. The summed E-state index contributed by atoms with van der Waals surface area (Å²) in [5.41, 5.74) is 3.63. The number of benzene rings is 2. The molecule has 3 rings (SSSR count). The minimum Gasteiger partial charge on any atom is -0.368 e. The van der Waals surface area contributed by atoms with E-state index >= 15 is 0 Å². The van der Waals surface area contributed by atoms with Crippen LogP contribution in [-0.4, -0.2) is 21.7 Å². The number of nitrogens with zero attached hydrogens (tertiary/aromatic N) is 3. The molecule has 6 heteroatoms. The molecule has 2 aromatic carbocycles. The highest BCUT2D eigenvalue weighted by atomic mass is 35.5. The topological polar surface area (TPSA) is 62.7 Å². The van der Waals surface area contributed by atoms with Crippen molar-refractivity contribution in [2.75, 3.05) is 17.2 Å². The summed E-state index contributed by atoms with van der Waals surface area (Å²) in [6.07, 6.45) is 2.48. The third-order valence-electron chi connectivity index (χ3n) is 3.87. The normalized spacial score (nSPS) is 10.5. The van der Waals surface area contributed by atoms with Gasteiger partial charge in [0, 0.05) is 18.1 Å². The van der Waals surface area contributed by atoms with Gasteiger partial charge in [0.25, 0.3) is 0 Å². The molecule has 0 aliphatic rings. The van der Waals surface area contributed by atoms with Crippen molar-refractivity contribution in [2.45, 2.75) is 19.9 Å². The maximum atomic E-state index is 6.00. The average Bonchev–Trinajstić information content (AvgIpc) is 2.62. The van der Waals surface area contributed by atoms with Gasteiger partial charge < -0.3 is 10.6 Å². The first-order valence-corrected chi connectivity index (χ1v) is 8.55. The molecule has 0 saturated carbocycles. The highest BCUT2D eigenvalue weighted by molar-refractivity contribution is 6.30. The predicted octanol–water partition coefficient (Wildman–Crippen LogP) is 4.10. The fourth-order valence-electron chi connectivity index (χ4n) is 2.47. The molecular formula is C19H20ClN5. The number of hydrogen-bond donors (Lipinski definition) is 2. The third-order valence-corrected chi connectivity index (χ3v) is 4.10. The number of rotatable bonds is 7. The third kappa shape index (κ3) is 5.16. The van der Waals surface area contributed by atoms with Gasteiger partial charge in [0.05, 0.1) is 6.20 Å². The maximum absolute atomic E-state index is 6.00. The number of nitrogens with one attached hydrogen (secondary N) is 2. The highest BCUT2D eigenvalue weighted by Crippen LogP contribution is 2.12. The minimum atomic E-state index is 0.510. The van der Waals surface area contributed by atoms with E-state index in [1.54, 1.807) is 6.20 Å². The molecule has 25 heavy (non-hydrogen) atoms. The van der Waals surface area contributed by atoms with Crippen LogP contribution in [0.15, 0.2) is 54.7 Å². The molecule has 3 aromatic rings. The fraction of sp³-hybridized carbons (Fsp3) is 0.211. The standard InChI is InChI=1S/C19H20ClN5/c1-14-5-2-3-7-16(14)12-22-19-24-18(13-23-25-19)21-10-9-15-6-4-8-17(20)11-15/h2-8,11,13H,9-10,12H2,1H3,(H2,21,22,24,25). The summed E-state index contributed by atoms with van der Waals surface area (Å²) < 4.78 is 0. The van der Waals surface area contributed by atoms with Crippen molar-refractivity contribution in [1.82, 2.24) is 15.2 Å². The zero-order chi connectivity index (χ0) is 17.5. The second kappa shape index (κ2) is 8.44. The zero-order valence-corrected chi connectivity index (χ0v) is 14.8. The van der Waals surface area contributed by atoms with Crippen LogP contribution in [0.3, 0.4) is 0 Å². The summed E-state index contributed by atoms with van der Waals surface area (Å²) in [4.78, 5) is 4.44. The van der Waals surface area contributed by atoms with Crippen LogP contribution in [0.5, 0.6) is 0 Å². The predicted molar refractivity (Wildman–Crippen MR) is 102 cm³/mol. The molecule has 0 bridgehead atoms. The molecule has 0 saturated heterocycles. The average molecular weight is 354 g/mol. The number of aromatic nitrogens is 3. The molecule has 1 aromatic heterocycles. The lowest BCUT2D eigenvalue weighted by atomic mass is 10.1. The number of aryl methyl sites for hydroxylation is 1. The van der Waals surface area contributed by atoms with Crippen LogP contribution in [-0.2, 0) is 13.0 Å². The zero-order valence-electron chi connectivity index (χ0n) is 14.0. The molecule has 0 radical (unpaired) electrons. The first kappa shape index (κ1) is 17.2. The van der Waals surface area contributed by atoms with E-state index in [0.29, 0.717) is 18.3 Å². The van der Waals surface area contributed by atoms with E-state index in [4.69, 9.17) is 11.6 Å². The molecular weight excluding hydrogens is 334 g/mol. The molecule has 0 unspecified atom stereocenters. The van der Waals surface area contributed by atoms with Gasteiger partial charge in [-0.3, -0.25) is 0 Å². The molecule has 0 amide bonds. The lowest BCUT2D eigenvalue weighted by Gasteiger charge is -2.09. The lowest BCUT2D eigenvalue weighted by molar-refractivity contribution is 0.927. The van der Waals surface area contributed by atoms with E-state index in [1.807, 2.05) is 30.3 Å². The first-order valence-electron chi connectivity index (χ1n) is 8.17. The Kier molecular flexibility index (Phi) is 5.80. The molecule has 0 atom stereocenters. The molecule has 0 fully saturated rings. The smallest absolute Gasteiger partial charge is 0.244 e. The van der Waals surface area contributed by atoms with E-state index in [9.17, 15) is 0 Å². The van der Waals surface area contributed by atoms with Crippen molar-refractivity contribution < 1.29 is 0 Å². The summed E-state index contributed by atoms with van der Waals surface area (Å²) in [6.45, 7) is 3.50. The quantitative estimate of drug-likeness (QED) is 0.669. The largest absolute Gasteiger partial charge is 0.368 e. The van der Waals surface area contributed by atoms with Gasteiger partial charge in [-0.25, -0.2) is 0 Å². The molecule has 0 spiro atoms. The van der Waals surface area contributed by atoms with Crippen molar-refractivity contribution in [2.24, 2.45) is 0 Å². The summed E-state index contributed by atoms with van der Waals surface area (Å²) >= 11 is 6.00. The Morgan fingerprint density at radius 2 is 1.92 bits per heavy atom. The van der Waals surface area contributed by atoms with Gasteiger partial charge in [-0.05, 0) is 42.2 Å². The van der Waals surface area contributed by atoms with Crippen LogP contribution < -0.4 is 10.6 Å². The lowest BCUT2D eigenvalue weighted by Crippen LogP contribution is -2.10. The van der Waals surface area contributed by atoms with Crippen molar-refractivity contribution in [1.29, 1.82) is 0 Å².